The summed E-state index contributed by atoms with van der Waals surface area (Å²) in [5, 5.41) is 12.8. The van der Waals surface area contributed by atoms with Gasteiger partial charge in [-0.3, -0.25) is 4.79 Å². The molecule has 162 valence electrons. The van der Waals surface area contributed by atoms with Crippen LogP contribution in [0.25, 0.3) is 0 Å². The maximum absolute atomic E-state index is 13.1. The number of carbonyl (C=O) groups excluding carboxylic acids is 1. The number of morpholine rings is 1. The zero-order chi connectivity index (χ0) is 21.9. The van der Waals surface area contributed by atoms with Crippen molar-refractivity contribution in [2.75, 3.05) is 45.8 Å². The Morgan fingerprint density at radius 2 is 1.87 bits per heavy atom. The predicted octanol–water partition coefficient (Wildman–Crippen LogP) is 2.34. The number of halogens is 1. The number of methoxy groups -OCH3 is 2. The fraction of sp³-hybridized carbons (Fsp3) is 0.316. The van der Waals surface area contributed by atoms with E-state index in [-0.39, 0.29) is 59.7 Å². The quantitative estimate of drug-likeness (QED) is 0.641. The Kier molecular flexibility index (Phi) is 6.71. The number of phenols is 1. The molecule has 1 heterocycles. The lowest BCUT2D eigenvalue weighted by Gasteiger charge is -2.26. The van der Waals surface area contributed by atoms with Crippen molar-refractivity contribution in [3.05, 3.63) is 40.9 Å². The van der Waals surface area contributed by atoms with E-state index in [4.69, 9.17) is 25.8 Å². The van der Waals surface area contributed by atoms with Crippen molar-refractivity contribution in [3.8, 4) is 17.2 Å². The van der Waals surface area contributed by atoms with E-state index in [1.165, 1.54) is 48.9 Å². The lowest BCUT2D eigenvalue weighted by molar-refractivity contribution is 0.0730. The molecule has 1 saturated heterocycles. The zero-order valence-electron chi connectivity index (χ0n) is 16.3. The van der Waals surface area contributed by atoms with Gasteiger partial charge in [-0.05, 0) is 24.3 Å². The highest BCUT2D eigenvalue weighted by Gasteiger charge is 2.30. The topological polar surface area (TPSA) is 114 Å². The third-order valence-corrected chi connectivity index (χ3v) is 6.62. The van der Waals surface area contributed by atoms with Gasteiger partial charge in [-0.25, -0.2) is 8.42 Å². The summed E-state index contributed by atoms with van der Waals surface area (Å²) in [5.74, 6) is -0.776. The fourth-order valence-corrected chi connectivity index (χ4v) is 4.61. The van der Waals surface area contributed by atoms with Gasteiger partial charge in [0.2, 0.25) is 10.0 Å². The first-order valence-corrected chi connectivity index (χ1v) is 10.7. The van der Waals surface area contributed by atoms with Crippen LogP contribution in [0.4, 0.5) is 5.69 Å². The standard InChI is InChI=1S/C19H21ClN2O7S/c1-27-17-11-13(30(25,26)22-5-7-29-8-6-22)10-14(18(17)28-2)19(24)21-15-9-12(20)3-4-16(15)23/h3-4,9-11,23H,5-8H2,1-2H3,(H,21,24). The Hall–Kier alpha value is -2.53. The van der Waals surface area contributed by atoms with E-state index in [1.54, 1.807) is 0 Å². The Morgan fingerprint density at radius 3 is 2.50 bits per heavy atom. The molecule has 1 amide bonds. The van der Waals surface area contributed by atoms with Crippen LogP contribution in [0.15, 0.2) is 35.2 Å². The molecule has 2 N–H and O–H groups in total. The minimum atomic E-state index is -3.90. The molecule has 1 fully saturated rings. The summed E-state index contributed by atoms with van der Waals surface area (Å²) in [5.41, 5.74) is -0.0157. The predicted molar refractivity (Wildman–Crippen MR) is 110 cm³/mol. The second-order valence-electron chi connectivity index (χ2n) is 6.34. The first-order valence-electron chi connectivity index (χ1n) is 8.91. The van der Waals surface area contributed by atoms with Gasteiger partial charge in [-0.1, -0.05) is 11.6 Å². The van der Waals surface area contributed by atoms with E-state index in [2.05, 4.69) is 5.32 Å². The fourth-order valence-electron chi connectivity index (χ4n) is 2.99. The van der Waals surface area contributed by atoms with Crippen molar-refractivity contribution in [1.82, 2.24) is 4.31 Å². The first-order chi connectivity index (χ1) is 14.3. The third kappa shape index (κ3) is 4.46. The van der Waals surface area contributed by atoms with Gasteiger partial charge in [0, 0.05) is 24.2 Å². The number of phenolic OH excluding ortho intramolecular Hbond substituents is 1. The summed E-state index contributed by atoms with van der Waals surface area (Å²) >= 11 is 5.92. The van der Waals surface area contributed by atoms with E-state index in [0.29, 0.717) is 5.02 Å². The van der Waals surface area contributed by atoms with Crippen LogP contribution in [0.3, 0.4) is 0 Å². The highest BCUT2D eigenvalue weighted by Crippen LogP contribution is 2.36. The lowest BCUT2D eigenvalue weighted by Crippen LogP contribution is -2.40. The average Bonchev–Trinajstić information content (AvgIpc) is 2.75. The number of nitrogens with one attached hydrogen (secondary N) is 1. The number of aromatic hydroxyl groups is 1. The summed E-state index contributed by atoms with van der Waals surface area (Å²) in [6.07, 6.45) is 0. The second-order valence-corrected chi connectivity index (χ2v) is 8.71. The van der Waals surface area contributed by atoms with Gasteiger partial charge >= 0.3 is 0 Å². The maximum atomic E-state index is 13.1. The minimum Gasteiger partial charge on any atom is -0.506 e. The molecule has 2 aromatic rings. The van der Waals surface area contributed by atoms with Gasteiger partial charge in [0.05, 0.1) is 43.6 Å². The van der Waals surface area contributed by atoms with Crippen LogP contribution in [0, 0.1) is 0 Å². The summed E-state index contributed by atoms with van der Waals surface area (Å²) in [7, 11) is -1.22. The molecule has 9 nitrogen and oxygen atoms in total. The van der Waals surface area contributed by atoms with Crippen molar-refractivity contribution in [2.45, 2.75) is 4.90 Å². The summed E-state index contributed by atoms with van der Waals surface area (Å²) in [6, 6.07) is 6.67. The van der Waals surface area contributed by atoms with Crippen LogP contribution in [0.2, 0.25) is 5.02 Å². The molecule has 0 saturated carbocycles. The highest BCUT2D eigenvalue weighted by molar-refractivity contribution is 7.89. The molecule has 0 aromatic heterocycles. The summed E-state index contributed by atoms with van der Waals surface area (Å²) in [4.78, 5) is 12.8. The van der Waals surface area contributed by atoms with Gasteiger partial charge in [0.1, 0.15) is 5.75 Å². The van der Waals surface area contributed by atoms with Gasteiger partial charge in [0.25, 0.3) is 5.91 Å². The van der Waals surface area contributed by atoms with Gasteiger partial charge < -0.3 is 24.6 Å². The van der Waals surface area contributed by atoms with Crippen LogP contribution in [-0.2, 0) is 14.8 Å². The third-order valence-electron chi connectivity index (χ3n) is 4.51. The van der Waals surface area contributed by atoms with E-state index >= 15 is 0 Å². The molecule has 1 aliphatic rings. The van der Waals surface area contributed by atoms with Crippen molar-refractivity contribution in [3.63, 3.8) is 0 Å². The molecule has 0 spiro atoms. The van der Waals surface area contributed by atoms with E-state index in [0.717, 1.165) is 0 Å². The summed E-state index contributed by atoms with van der Waals surface area (Å²) < 4.78 is 43.2. The van der Waals surface area contributed by atoms with Crippen LogP contribution in [-0.4, -0.2) is 64.3 Å². The van der Waals surface area contributed by atoms with Crippen LogP contribution >= 0.6 is 11.6 Å². The minimum absolute atomic E-state index is 0.0532. The molecule has 0 atom stereocenters. The number of ether oxygens (including phenoxy) is 3. The zero-order valence-corrected chi connectivity index (χ0v) is 17.9. The number of anilines is 1. The van der Waals surface area contributed by atoms with Crippen LogP contribution in [0.1, 0.15) is 10.4 Å². The molecule has 0 bridgehead atoms. The number of carbonyl (C=O) groups is 1. The molecule has 2 aromatic carbocycles. The van der Waals surface area contributed by atoms with Crippen LogP contribution in [0.5, 0.6) is 17.2 Å². The van der Waals surface area contributed by atoms with E-state index < -0.39 is 15.9 Å². The molecule has 11 heteroatoms. The molecule has 0 radical (unpaired) electrons. The maximum Gasteiger partial charge on any atom is 0.259 e. The monoisotopic (exact) mass is 456 g/mol. The average molecular weight is 457 g/mol. The van der Waals surface area contributed by atoms with Gasteiger partial charge in [0.15, 0.2) is 11.5 Å². The Labute approximate surface area is 179 Å². The van der Waals surface area contributed by atoms with Crippen molar-refractivity contribution >= 4 is 33.2 Å². The second kappa shape index (κ2) is 9.09. The number of hydrogen-bond donors (Lipinski definition) is 2. The Bertz CT molecular complexity index is 1050. The normalized spacial score (nSPS) is 14.9. The number of hydrogen-bond acceptors (Lipinski definition) is 7. The highest BCUT2D eigenvalue weighted by atomic mass is 35.5. The number of nitrogens with zero attached hydrogens (tertiary/aromatic N) is 1. The first kappa shape index (κ1) is 22.2. The van der Waals surface area contributed by atoms with Gasteiger partial charge in [-0.2, -0.15) is 4.31 Å². The number of sulfonamides is 1. The SMILES string of the molecule is COc1cc(S(=O)(=O)N2CCOCC2)cc(C(=O)Nc2cc(Cl)ccc2O)c1OC. The van der Waals surface area contributed by atoms with Crippen molar-refractivity contribution < 1.29 is 32.5 Å². The largest absolute Gasteiger partial charge is 0.506 e. The molecular weight excluding hydrogens is 436 g/mol. The van der Waals surface area contributed by atoms with Crippen LogP contribution < -0.4 is 14.8 Å². The Balaban J connectivity index is 2.05. The molecule has 1 aliphatic heterocycles. The molecule has 3 rings (SSSR count). The van der Waals surface area contributed by atoms with Gasteiger partial charge in [-0.15, -0.1) is 0 Å². The number of amides is 1. The molecular formula is C19H21ClN2O7S. The Morgan fingerprint density at radius 1 is 1.17 bits per heavy atom. The molecule has 30 heavy (non-hydrogen) atoms. The smallest absolute Gasteiger partial charge is 0.259 e. The summed E-state index contributed by atoms with van der Waals surface area (Å²) in [6.45, 7) is 0.977. The van der Waals surface area contributed by atoms with Crippen molar-refractivity contribution in [1.29, 1.82) is 0 Å². The van der Waals surface area contributed by atoms with Crippen molar-refractivity contribution in [2.24, 2.45) is 0 Å². The molecule has 0 unspecified atom stereocenters. The van der Waals surface area contributed by atoms with E-state index in [9.17, 15) is 18.3 Å². The van der Waals surface area contributed by atoms with E-state index in [1.807, 2.05) is 0 Å². The number of rotatable bonds is 6. The number of benzene rings is 2. The molecule has 0 aliphatic carbocycles. The lowest BCUT2D eigenvalue weighted by atomic mass is 10.1.